The van der Waals surface area contributed by atoms with E-state index in [2.05, 4.69) is 10.6 Å². The molecule has 0 spiro atoms. The number of hydrogen-bond donors (Lipinski definition) is 2. The van der Waals surface area contributed by atoms with Crippen LogP contribution in [0, 0.1) is 5.92 Å². The largest absolute Gasteiger partial charge is 0.483 e. The SMILES string of the molecule is CNCc1c(Cl)cccc1OCC(=O)NCC1CC1. The molecule has 1 saturated carbocycles. The van der Waals surface area contributed by atoms with Crippen LogP contribution in [0.25, 0.3) is 0 Å². The summed E-state index contributed by atoms with van der Waals surface area (Å²) in [4.78, 5) is 11.6. The van der Waals surface area contributed by atoms with Gasteiger partial charge in [0.05, 0.1) is 0 Å². The first-order chi connectivity index (χ1) is 9.20. The van der Waals surface area contributed by atoms with E-state index in [-0.39, 0.29) is 12.5 Å². The summed E-state index contributed by atoms with van der Waals surface area (Å²) in [5.41, 5.74) is 0.877. The Morgan fingerprint density at radius 1 is 1.47 bits per heavy atom. The molecule has 2 rings (SSSR count). The highest BCUT2D eigenvalue weighted by Gasteiger charge is 2.21. The molecule has 0 aliphatic heterocycles. The number of nitrogens with one attached hydrogen (secondary N) is 2. The van der Waals surface area contributed by atoms with E-state index in [9.17, 15) is 4.79 Å². The summed E-state index contributed by atoms with van der Waals surface area (Å²) in [6.07, 6.45) is 2.45. The van der Waals surface area contributed by atoms with Gasteiger partial charge in [-0.2, -0.15) is 0 Å². The molecule has 0 heterocycles. The Hall–Kier alpha value is -1.26. The summed E-state index contributed by atoms with van der Waals surface area (Å²) in [5.74, 6) is 1.25. The molecule has 1 aliphatic carbocycles. The maximum absolute atomic E-state index is 11.6. The second-order valence-electron chi connectivity index (χ2n) is 4.78. The average Bonchev–Trinajstić information content (AvgIpc) is 3.21. The Bertz CT molecular complexity index is 447. The van der Waals surface area contributed by atoms with Crippen molar-refractivity contribution >= 4 is 17.5 Å². The number of rotatable bonds is 7. The average molecular weight is 283 g/mol. The monoisotopic (exact) mass is 282 g/mol. The molecule has 1 amide bonds. The predicted octanol–water partition coefficient (Wildman–Crippen LogP) is 1.96. The van der Waals surface area contributed by atoms with Crippen LogP contribution in [-0.4, -0.2) is 26.1 Å². The van der Waals surface area contributed by atoms with Gasteiger partial charge in [0.2, 0.25) is 0 Å². The molecule has 0 unspecified atom stereocenters. The van der Waals surface area contributed by atoms with Gasteiger partial charge < -0.3 is 15.4 Å². The van der Waals surface area contributed by atoms with Crippen molar-refractivity contribution in [3.63, 3.8) is 0 Å². The topological polar surface area (TPSA) is 50.4 Å². The Balaban J connectivity index is 1.86. The lowest BCUT2D eigenvalue weighted by atomic mass is 10.2. The van der Waals surface area contributed by atoms with E-state index in [0.717, 1.165) is 12.1 Å². The van der Waals surface area contributed by atoms with Crippen LogP contribution in [0.4, 0.5) is 0 Å². The first-order valence-electron chi connectivity index (χ1n) is 6.52. The normalized spacial score (nSPS) is 14.2. The quantitative estimate of drug-likeness (QED) is 0.804. The van der Waals surface area contributed by atoms with E-state index in [1.54, 1.807) is 0 Å². The van der Waals surface area contributed by atoms with E-state index in [1.165, 1.54) is 12.8 Å². The second-order valence-corrected chi connectivity index (χ2v) is 5.19. The fourth-order valence-corrected chi connectivity index (χ4v) is 2.03. The number of benzene rings is 1. The third-order valence-electron chi connectivity index (χ3n) is 3.07. The van der Waals surface area contributed by atoms with Crippen LogP contribution in [0.5, 0.6) is 5.75 Å². The van der Waals surface area contributed by atoms with Crippen LogP contribution < -0.4 is 15.4 Å². The molecule has 1 aromatic carbocycles. The summed E-state index contributed by atoms with van der Waals surface area (Å²) >= 11 is 6.11. The molecule has 4 nitrogen and oxygen atoms in total. The zero-order chi connectivity index (χ0) is 13.7. The molecule has 0 atom stereocenters. The van der Waals surface area contributed by atoms with Crippen molar-refractivity contribution in [2.45, 2.75) is 19.4 Å². The molecule has 0 aromatic heterocycles. The molecule has 2 N–H and O–H groups in total. The van der Waals surface area contributed by atoms with E-state index in [4.69, 9.17) is 16.3 Å². The summed E-state index contributed by atoms with van der Waals surface area (Å²) in [6, 6.07) is 5.46. The second kappa shape index (κ2) is 6.78. The van der Waals surface area contributed by atoms with Gasteiger partial charge in [0.25, 0.3) is 5.91 Å². The standard InChI is InChI=1S/C14H19ClN2O2/c1-16-8-11-12(15)3-2-4-13(11)19-9-14(18)17-7-10-5-6-10/h2-4,10,16H,5-9H2,1H3,(H,17,18). The fourth-order valence-electron chi connectivity index (χ4n) is 1.80. The minimum absolute atomic E-state index is 0.0315. The Morgan fingerprint density at radius 3 is 2.95 bits per heavy atom. The van der Waals surface area contributed by atoms with Crippen molar-refractivity contribution < 1.29 is 9.53 Å². The van der Waals surface area contributed by atoms with Gasteiger partial charge in [-0.15, -0.1) is 0 Å². The Kier molecular flexibility index (Phi) is 5.05. The van der Waals surface area contributed by atoms with Crippen molar-refractivity contribution in [1.29, 1.82) is 0 Å². The van der Waals surface area contributed by atoms with Crippen molar-refractivity contribution in [3.05, 3.63) is 28.8 Å². The molecule has 104 valence electrons. The van der Waals surface area contributed by atoms with E-state index >= 15 is 0 Å². The lowest BCUT2D eigenvalue weighted by Crippen LogP contribution is -2.30. The third kappa shape index (κ3) is 4.40. The van der Waals surface area contributed by atoms with Gasteiger partial charge in [0.1, 0.15) is 5.75 Å². The molecule has 0 bridgehead atoms. The highest BCUT2D eigenvalue weighted by Crippen LogP contribution is 2.28. The lowest BCUT2D eigenvalue weighted by Gasteiger charge is -2.12. The highest BCUT2D eigenvalue weighted by molar-refractivity contribution is 6.31. The fraction of sp³-hybridized carbons (Fsp3) is 0.500. The maximum Gasteiger partial charge on any atom is 0.257 e. The number of amides is 1. The van der Waals surface area contributed by atoms with Gasteiger partial charge >= 0.3 is 0 Å². The first kappa shape index (κ1) is 14.2. The summed E-state index contributed by atoms with van der Waals surface area (Å²) in [6.45, 7) is 1.41. The molecule has 0 radical (unpaired) electrons. The minimum Gasteiger partial charge on any atom is -0.483 e. The molecule has 1 aromatic rings. The van der Waals surface area contributed by atoms with Crippen LogP contribution in [0.3, 0.4) is 0 Å². The van der Waals surface area contributed by atoms with Crippen LogP contribution in [0.15, 0.2) is 18.2 Å². The van der Waals surface area contributed by atoms with Crippen molar-refractivity contribution in [2.75, 3.05) is 20.2 Å². The van der Waals surface area contributed by atoms with Gasteiger partial charge in [-0.1, -0.05) is 17.7 Å². The zero-order valence-corrected chi connectivity index (χ0v) is 11.8. The third-order valence-corrected chi connectivity index (χ3v) is 3.43. The molecular weight excluding hydrogens is 264 g/mol. The molecule has 1 fully saturated rings. The number of carbonyl (C=O) groups is 1. The molecule has 19 heavy (non-hydrogen) atoms. The van der Waals surface area contributed by atoms with Gasteiger partial charge in [0.15, 0.2) is 6.61 Å². The Morgan fingerprint density at radius 2 is 2.26 bits per heavy atom. The molecule has 0 saturated heterocycles. The van der Waals surface area contributed by atoms with Crippen molar-refractivity contribution in [3.8, 4) is 5.75 Å². The van der Waals surface area contributed by atoms with E-state index in [1.807, 2.05) is 25.2 Å². The van der Waals surface area contributed by atoms with Crippen LogP contribution in [0.1, 0.15) is 18.4 Å². The van der Waals surface area contributed by atoms with Crippen LogP contribution >= 0.6 is 11.6 Å². The smallest absolute Gasteiger partial charge is 0.257 e. The number of ether oxygens (including phenoxy) is 1. The predicted molar refractivity (Wildman–Crippen MR) is 75.4 cm³/mol. The van der Waals surface area contributed by atoms with E-state index in [0.29, 0.717) is 23.2 Å². The van der Waals surface area contributed by atoms with Crippen LogP contribution in [0.2, 0.25) is 5.02 Å². The van der Waals surface area contributed by atoms with Gasteiger partial charge in [-0.25, -0.2) is 0 Å². The number of halogens is 1. The maximum atomic E-state index is 11.6. The minimum atomic E-state index is -0.0812. The van der Waals surface area contributed by atoms with Gasteiger partial charge in [-0.05, 0) is 37.9 Å². The summed E-state index contributed by atoms with van der Waals surface area (Å²) in [7, 11) is 1.84. The molecule has 5 heteroatoms. The number of hydrogen-bond acceptors (Lipinski definition) is 3. The lowest BCUT2D eigenvalue weighted by molar-refractivity contribution is -0.123. The van der Waals surface area contributed by atoms with Crippen molar-refractivity contribution in [2.24, 2.45) is 5.92 Å². The first-order valence-corrected chi connectivity index (χ1v) is 6.90. The zero-order valence-electron chi connectivity index (χ0n) is 11.0. The van der Waals surface area contributed by atoms with Gasteiger partial charge in [-0.3, -0.25) is 4.79 Å². The molecule has 1 aliphatic rings. The molecular formula is C14H19ClN2O2. The Labute approximate surface area is 118 Å². The number of carbonyl (C=O) groups excluding carboxylic acids is 1. The van der Waals surface area contributed by atoms with Gasteiger partial charge in [0, 0.05) is 23.7 Å². The highest BCUT2D eigenvalue weighted by atomic mass is 35.5. The van der Waals surface area contributed by atoms with Crippen LogP contribution in [-0.2, 0) is 11.3 Å². The summed E-state index contributed by atoms with van der Waals surface area (Å²) < 4.78 is 5.55. The van der Waals surface area contributed by atoms with Crippen molar-refractivity contribution in [1.82, 2.24) is 10.6 Å². The van der Waals surface area contributed by atoms with E-state index < -0.39 is 0 Å². The summed E-state index contributed by atoms with van der Waals surface area (Å²) in [5, 5.41) is 6.55.